The molecule has 1 aromatic heterocycles. The number of rotatable bonds is 4. The maximum absolute atomic E-state index is 13.9. The third-order valence-corrected chi connectivity index (χ3v) is 5.09. The van der Waals surface area contributed by atoms with Crippen molar-refractivity contribution in [3.8, 4) is 0 Å². The summed E-state index contributed by atoms with van der Waals surface area (Å²) in [5, 5.41) is 4.60. The Morgan fingerprint density at radius 1 is 1.15 bits per heavy atom. The summed E-state index contributed by atoms with van der Waals surface area (Å²) in [7, 11) is 0. The Labute approximate surface area is 162 Å². The van der Waals surface area contributed by atoms with E-state index in [1.165, 1.54) is 12.1 Å². The smallest absolute Gasteiger partial charge is 0.257 e. The van der Waals surface area contributed by atoms with Crippen LogP contribution in [0.3, 0.4) is 0 Å². The average Bonchev–Trinajstić information content (AvgIpc) is 3.21. The minimum Gasteiger partial charge on any atom is -0.380 e. The molecule has 138 valence electrons. The normalized spacial score (nSPS) is 13.9. The summed E-state index contributed by atoms with van der Waals surface area (Å²) in [6, 6.07) is 11.9. The molecule has 6 heteroatoms. The number of hydrogen-bond donors (Lipinski definition) is 1. The Kier molecular flexibility index (Phi) is 4.94. The average molecular weight is 384 g/mol. The Hall–Kier alpha value is -2.66. The van der Waals surface area contributed by atoms with Gasteiger partial charge in [0.05, 0.1) is 16.8 Å². The molecule has 0 atom stereocenters. The maximum Gasteiger partial charge on any atom is 0.257 e. The van der Waals surface area contributed by atoms with E-state index in [9.17, 15) is 9.18 Å². The quantitative estimate of drug-likeness (QED) is 0.698. The summed E-state index contributed by atoms with van der Waals surface area (Å²) in [6.07, 6.45) is 3.61. The lowest BCUT2D eigenvalue weighted by Crippen LogP contribution is -2.28. The van der Waals surface area contributed by atoms with Crippen molar-refractivity contribution in [2.45, 2.75) is 19.4 Å². The second-order valence-corrected chi connectivity index (χ2v) is 7.12. The number of nitrogens with one attached hydrogen (secondary N) is 1. The third kappa shape index (κ3) is 3.74. The van der Waals surface area contributed by atoms with Crippen LogP contribution in [-0.4, -0.2) is 28.9 Å². The zero-order chi connectivity index (χ0) is 18.8. The highest BCUT2D eigenvalue weighted by Gasteiger charge is 2.23. The number of benzene rings is 2. The van der Waals surface area contributed by atoms with Gasteiger partial charge in [0.15, 0.2) is 0 Å². The summed E-state index contributed by atoms with van der Waals surface area (Å²) in [5.74, 6) is -0.422. The first-order valence-electron chi connectivity index (χ1n) is 8.98. The number of hydrogen-bond acceptors (Lipinski definition) is 3. The first-order chi connectivity index (χ1) is 13.1. The van der Waals surface area contributed by atoms with Crippen molar-refractivity contribution in [3.05, 3.63) is 70.6 Å². The molecule has 2 heterocycles. The molecule has 0 radical (unpaired) electrons. The summed E-state index contributed by atoms with van der Waals surface area (Å²) >= 11 is 5.94. The molecular weight excluding hydrogens is 365 g/mol. The highest BCUT2D eigenvalue weighted by atomic mass is 35.5. The molecule has 2 aromatic carbocycles. The molecule has 1 aliphatic heterocycles. The first-order valence-corrected chi connectivity index (χ1v) is 9.35. The molecule has 1 saturated heterocycles. The molecule has 0 spiro atoms. The number of pyridine rings is 1. The van der Waals surface area contributed by atoms with Gasteiger partial charge in [0.2, 0.25) is 0 Å². The lowest BCUT2D eigenvalue weighted by Gasteiger charge is -2.19. The largest absolute Gasteiger partial charge is 0.380 e. The van der Waals surface area contributed by atoms with Crippen LogP contribution in [0, 0.1) is 5.82 Å². The summed E-state index contributed by atoms with van der Waals surface area (Å²) in [5.41, 5.74) is 2.75. The van der Waals surface area contributed by atoms with Crippen LogP contribution >= 0.6 is 11.6 Å². The molecule has 0 saturated carbocycles. The molecule has 1 amide bonds. The van der Waals surface area contributed by atoms with Crippen molar-refractivity contribution >= 4 is 34.1 Å². The molecule has 4 nitrogen and oxygen atoms in total. The Balaban J connectivity index is 1.73. The molecule has 0 bridgehead atoms. The molecule has 27 heavy (non-hydrogen) atoms. The van der Waals surface area contributed by atoms with E-state index in [-0.39, 0.29) is 11.7 Å². The molecule has 1 fully saturated rings. The summed E-state index contributed by atoms with van der Waals surface area (Å²) < 4.78 is 13.9. The monoisotopic (exact) mass is 383 g/mol. The van der Waals surface area contributed by atoms with Gasteiger partial charge in [-0.15, -0.1) is 0 Å². The van der Waals surface area contributed by atoms with E-state index in [1.807, 2.05) is 29.2 Å². The zero-order valence-electron chi connectivity index (χ0n) is 14.7. The van der Waals surface area contributed by atoms with E-state index in [4.69, 9.17) is 11.6 Å². The van der Waals surface area contributed by atoms with Crippen LogP contribution in [-0.2, 0) is 6.54 Å². The van der Waals surface area contributed by atoms with E-state index in [0.717, 1.165) is 31.5 Å². The molecule has 0 unspecified atom stereocenters. The van der Waals surface area contributed by atoms with Crippen molar-refractivity contribution < 1.29 is 9.18 Å². The van der Waals surface area contributed by atoms with Crippen molar-refractivity contribution in [1.29, 1.82) is 0 Å². The van der Waals surface area contributed by atoms with Gasteiger partial charge in [-0.25, -0.2) is 4.39 Å². The number of carbonyl (C=O) groups excluding carboxylic acids is 1. The minimum absolute atomic E-state index is 0.0650. The number of likely N-dealkylation sites (tertiary alicyclic amines) is 1. The van der Waals surface area contributed by atoms with Crippen LogP contribution in [0.15, 0.2) is 48.7 Å². The minimum atomic E-state index is -0.357. The SMILES string of the molecule is O=C(c1cnc2ccc(F)cc2c1NCc1ccc(Cl)cc1)N1CCCC1. The van der Waals surface area contributed by atoms with Crippen LogP contribution in [0.1, 0.15) is 28.8 Å². The highest BCUT2D eigenvalue weighted by Crippen LogP contribution is 2.29. The Bertz CT molecular complexity index is 985. The van der Waals surface area contributed by atoms with Crippen molar-refractivity contribution in [3.63, 3.8) is 0 Å². The topological polar surface area (TPSA) is 45.2 Å². The van der Waals surface area contributed by atoms with Crippen molar-refractivity contribution in [2.75, 3.05) is 18.4 Å². The molecule has 4 rings (SSSR count). The lowest BCUT2D eigenvalue weighted by atomic mass is 10.1. The van der Waals surface area contributed by atoms with Crippen LogP contribution in [0.4, 0.5) is 10.1 Å². The Morgan fingerprint density at radius 3 is 2.63 bits per heavy atom. The molecule has 3 aromatic rings. The van der Waals surface area contributed by atoms with Crippen LogP contribution in [0.2, 0.25) is 5.02 Å². The zero-order valence-corrected chi connectivity index (χ0v) is 15.5. The maximum atomic E-state index is 13.9. The van der Waals surface area contributed by atoms with E-state index >= 15 is 0 Å². The van der Waals surface area contributed by atoms with Crippen LogP contribution in [0.5, 0.6) is 0 Å². The van der Waals surface area contributed by atoms with E-state index < -0.39 is 0 Å². The third-order valence-electron chi connectivity index (χ3n) is 4.84. The second kappa shape index (κ2) is 7.53. The number of fused-ring (bicyclic) bond motifs is 1. The standard InChI is InChI=1S/C21H19ClFN3O/c22-15-5-3-14(4-6-15)12-25-20-17-11-16(23)7-8-19(17)24-13-18(20)21(27)26-9-1-2-10-26/h3-8,11,13H,1-2,9-10,12H2,(H,24,25). The van der Waals surface area contributed by atoms with Crippen molar-refractivity contribution in [1.82, 2.24) is 9.88 Å². The number of aromatic nitrogens is 1. The van der Waals surface area contributed by atoms with E-state index in [2.05, 4.69) is 10.3 Å². The van der Waals surface area contributed by atoms with Gasteiger partial charge in [0, 0.05) is 36.2 Å². The highest BCUT2D eigenvalue weighted by molar-refractivity contribution is 6.30. The number of halogens is 2. The fourth-order valence-corrected chi connectivity index (χ4v) is 3.53. The second-order valence-electron chi connectivity index (χ2n) is 6.69. The summed E-state index contributed by atoms with van der Waals surface area (Å²) in [4.78, 5) is 19.2. The van der Waals surface area contributed by atoms with Gasteiger partial charge in [-0.3, -0.25) is 9.78 Å². The van der Waals surface area contributed by atoms with Crippen LogP contribution < -0.4 is 5.32 Å². The van der Waals surface area contributed by atoms with Crippen molar-refractivity contribution in [2.24, 2.45) is 0 Å². The Morgan fingerprint density at radius 2 is 1.89 bits per heavy atom. The van der Waals surface area contributed by atoms with Gasteiger partial charge < -0.3 is 10.2 Å². The predicted octanol–water partition coefficient (Wildman–Crippen LogP) is 4.88. The van der Waals surface area contributed by atoms with Gasteiger partial charge in [-0.05, 0) is 48.7 Å². The number of amides is 1. The molecule has 1 N–H and O–H groups in total. The first kappa shape index (κ1) is 17.7. The fourth-order valence-electron chi connectivity index (χ4n) is 3.40. The van der Waals surface area contributed by atoms with Gasteiger partial charge in [-0.1, -0.05) is 23.7 Å². The van der Waals surface area contributed by atoms with Crippen LogP contribution in [0.25, 0.3) is 10.9 Å². The van der Waals surface area contributed by atoms with Gasteiger partial charge >= 0.3 is 0 Å². The molecular formula is C21H19ClFN3O. The van der Waals surface area contributed by atoms with Gasteiger partial charge in [-0.2, -0.15) is 0 Å². The number of carbonyl (C=O) groups is 1. The van der Waals surface area contributed by atoms with Gasteiger partial charge in [0.25, 0.3) is 5.91 Å². The predicted molar refractivity (Wildman–Crippen MR) is 106 cm³/mol. The summed E-state index contributed by atoms with van der Waals surface area (Å²) in [6.45, 7) is 1.99. The fraction of sp³-hybridized carbons (Fsp3) is 0.238. The van der Waals surface area contributed by atoms with E-state index in [0.29, 0.717) is 33.7 Å². The lowest BCUT2D eigenvalue weighted by molar-refractivity contribution is 0.0793. The van der Waals surface area contributed by atoms with E-state index in [1.54, 1.807) is 12.3 Å². The molecule has 0 aliphatic carbocycles. The number of nitrogens with zero attached hydrogens (tertiary/aromatic N) is 2. The molecule has 1 aliphatic rings. The van der Waals surface area contributed by atoms with Gasteiger partial charge in [0.1, 0.15) is 5.82 Å². The number of anilines is 1.